The van der Waals surface area contributed by atoms with E-state index in [2.05, 4.69) is 45.1 Å². The monoisotopic (exact) mass is 547 g/mol. The summed E-state index contributed by atoms with van der Waals surface area (Å²) in [5, 5.41) is 27.5. The largest absolute Gasteiger partial charge is 0.373 e. The van der Waals surface area contributed by atoms with E-state index in [4.69, 9.17) is 9.72 Å². The van der Waals surface area contributed by atoms with Crippen molar-refractivity contribution < 1.29 is 14.6 Å². The van der Waals surface area contributed by atoms with E-state index in [0.717, 1.165) is 48.4 Å². The van der Waals surface area contributed by atoms with E-state index < -0.39 is 5.60 Å². The second-order valence-electron chi connectivity index (χ2n) is 11.0. The second kappa shape index (κ2) is 10.3. The van der Waals surface area contributed by atoms with E-state index in [9.17, 15) is 15.2 Å². The first-order valence-electron chi connectivity index (χ1n) is 13.5. The average Bonchev–Trinajstić information content (AvgIpc) is 3.38. The van der Waals surface area contributed by atoms with Gasteiger partial charge in [-0.3, -0.25) is 9.78 Å². The Morgan fingerprint density at radius 1 is 1.17 bits per heavy atom. The number of ether oxygens (including phenoxy) is 1. The van der Waals surface area contributed by atoms with Gasteiger partial charge in [-0.25, -0.2) is 9.50 Å². The van der Waals surface area contributed by atoms with Crippen molar-refractivity contribution in [1.29, 1.82) is 5.26 Å². The number of aliphatic hydroxyl groups is 1. The molecule has 41 heavy (non-hydrogen) atoms. The van der Waals surface area contributed by atoms with E-state index in [1.807, 2.05) is 37.3 Å². The fourth-order valence-corrected chi connectivity index (χ4v) is 5.19. The molecule has 0 aliphatic carbocycles. The topological polar surface area (TPSA) is 129 Å². The quantitative estimate of drug-likeness (QED) is 0.373. The number of anilines is 1. The molecule has 0 unspecified atom stereocenters. The summed E-state index contributed by atoms with van der Waals surface area (Å²) in [5.41, 5.74) is 3.23. The molecule has 6 heterocycles. The number of pyridine rings is 3. The summed E-state index contributed by atoms with van der Waals surface area (Å²) in [6.07, 6.45) is 8.25. The SMILES string of the molecule is Cc1cccnc1C(=O)NC1(C)CCN(c2ccc(-c3cc(C#CC4(O)COC4)cn4ncc(C#N)c34)cn2)CC1. The van der Waals surface area contributed by atoms with Crippen LogP contribution < -0.4 is 10.2 Å². The third-order valence-corrected chi connectivity index (χ3v) is 7.74. The highest BCUT2D eigenvalue weighted by Gasteiger charge is 2.34. The first-order chi connectivity index (χ1) is 19.8. The molecule has 6 rings (SSSR count). The van der Waals surface area contributed by atoms with Crippen molar-refractivity contribution in [3.63, 3.8) is 0 Å². The molecule has 0 spiro atoms. The minimum Gasteiger partial charge on any atom is -0.373 e. The van der Waals surface area contributed by atoms with Crippen molar-refractivity contribution >= 4 is 17.2 Å². The predicted octanol–water partition coefficient (Wildman–Crippen LogP) is 2.87. The van der Waals surface area contributed by atoms with Gasteiger partial charge in [-0.1, -0.05) is 17.9 Å². The van der Waals surface area contributed by atoms with Crippen molar-refractivity contribution in [2.45, 2.75) is 37.8 Å². The molecule has 4 aromatic heterocycles. The highest BCUT2D eigenvalue weighted by molar-refractivity contribution is 5.94. The number of nitrogens with one attached hydrogen (secondary N) is 1. The first kappa shape index (κ1) is 26.5. The Balaban J connectivity index is 1.20. The highest BCUT2D eigenvalue weighted by Crippen LogP contribution is 2.31. The third-order valence-electron chi connectivity index (χ3n) is 7.74. The number of amides is 1. The molecular formula is C31H29N7O3. The van der Waals surface area contributed by atoms with Crippen LogP contribution in [-0.4, -0.2) is 68.0 Å². The first-order valence-corrected chi connectivity index (χ1v) is 13.5. The van der Waals surface area contributed by atoms with Gasteiger partial charge in [-0.05, 0) is 56.5 Å². The van der Waals surface area contributed by atoms with Gasteiger partial charge in [0.15, 0.2) is 5.60 Å². The van der Waals surface area contributed by atoms with Crippen LogP contribution in [-0.2, 0) is 4.74 Å². The van der Waals surface area contributed by atoms with Gasteiger partial charge in [0.25, 0.3) is 5.91 Å². The van der Waals surface area contributed by atoms with Crippen LogP contribution >= 0.6 is 0 Å². The summed E-state index contributed by atoms with van der Waals surface area (Å²) in [6, 6.07) is 11.8. The van der Waals surface area contributed by atoms with Gasteiger partial charge >= 0.3 is 0 Å². The number of carbonyl (C=O) groups excluding carboxylic acids is 1. The Labute approximate surface area is 237 Å². The molecule has 0 aromatic carbocycles. The molecule has 4 aromatic rings. The smallest absolute Gasteiger partial charge is 0.270 e. The van der Waals surface area contributed by atoms with Gasteiger partial charge in [-0.15, -0.1) is 0 Å². The molecule has 2 fully saturated rings. The minimum atomic E-state index is -1.13. The lowest BCUT2D eigenvalue weighted by molar-refractivity contribution is -0.140. The van der Waals surface area contributed by atoms with Gasteiger partial charge in [0, 0.05) is 53.9 Å². The zero-order valence-electron chi connectivity index (χ0n) is 22.9. The number of nitriles is 1. The second-order valence-corrected chi connectivity index (χ2v) is 11.0. The van der Waals surface area contributed by atoms with Crippen LogP contribution in [0.15, 0.2) is 55.1 Å². The molecule has 2 aliphatic heterocycles. The van der Waals surface area contributed by atoms with Crippen LogP contribution in [0, 0.1) is 30.1 Å². The van der Waals surface area contributed by atoms with Crippen LogP contribution in [0.2, 0.25) is 0 Å². The summed E-state index contributed by atoms with van der Waals surface area (Å²) in [6.45, 7) is 5.83. The zero-order valence-corrected chi connectivity index (χ0v) is 22.9. The Morgan fingerprint density at radius 3 is 2.63 bits per heavy atom. The number of piperidine rings is 1. The lowest BCUT2D eigenvalue weighted by atomic mass is 9.89. The molecule has 2 N–H and O–H groups in total. The Morgan fingerprint density at radius 2 is 1.98 bits per heavy atom. The Bertz CT molecular complexity index is 1730. The average molecular weight is 548 g/mol. The summed E-state index contributed by atoms with van der Waals surface area (Å²) in [5.74, 6) is 6.61. The number of fused-ring (bicyclic) bond motifs is 1. The van der Waals surface area contributed by atoms with Crippen molar-refractivity contribution in [3.8, 4) is 29.0 Å². The maximum Gasteiger partial charge on any atom is 0.270 e. The molecule has 1 amide bonds. The lowest BCUT2D eigenvalue weighted by Crippen LogP contribution is -2.53. The normalized spacial score (nSPS) is 17.2. The van der Waals surface area contributed by atoms with Crippen molar-refractivity contribution in [2.24, 2.45) is 0 Å². The molecule has 2 saturated heterocycles. The molecule has 0 bridgehead atoms. The van der Waals surface area contributed by atoms with Crippen molar-refractivity contribution in [1.82, 2.24) is 24.9 Å². The zero-order chi connectivity index (χ0) is 28.6. The van der Waals surface area contributed by atoms with Gasteiger partial charge in [-0.2, -0.15) is 10.4 Å². The third kappa shape index (κ3) is 5.23. The molecule has 10 heteroatoms. The van der Waals surface area contributed by atoms with Crippen molar-refractivity contribution in [3.05, 3.63) is 77.5 Å². The van der Waals surface area contributed by atoms with E-state index in [0.29, 0.717) is 22.3 Å². The van der Waals surface area contributed by atoms with E-state index in [1.54, 1.807) is 23.1 Å². The van der Waals surface area contributed by atoms with Gasteiger partial charge in [0.2, 0.25) is 0 Å². The standard InChI is InChI=1S/C31H29N7O3/c1-21-4-3-11-33-27(21)29(39)36-30(2)9-12-37(13-10-30)26-6-5-23(16-34-26)25-14-22(7-8-31(40)19-41-20-31)18-38-28(25)24(15-32)17-35-38/h3-6,11,14,16-18,40H,9-10,12-13,19-20H2,1-2H3,(H,36,39). The summed E-state index contributed by atoms with van der Waals surface area (Å²) in [7, 11) is 0. The van der Waals surface area contributed by atoms with Crippen LogP contribution in [0.4, 0.5) is 5.82 Å². The Hall–Kier alpha value is -4.77. The van der Waals surface area contributed by atoms with Crippen LogP contribution in [0.5, 0.6) is 0 Å². The van der Waals surface area contributed by atoms with Gasteiger partial charge < -0.3 is 20.1 Å². The molecule has 206 valence electrons. The number of aryl methyl sites for hydroxylation is 1. The molecule has 0 radical (unpaired) electrons. The van der Waals surface area contributed by atoms with E-state index in [-0.39, 0.29) is 24.7 Å². The van der Waals surface area contributed by atoms with E-state index >= 15 is 0 Å². The van der Waals surface area contributed by atoms with E-state index in [1.165, 1.54) is 6.20 Å². The number of rotatable bonds is 4. The maximum atomic E-state index is 12.9. The number of hydrogen-bond donors (Lipinski definition) is 2. The molecule has 10 nitrogen and oxygen atoms in total. The summed E-state index contributed by atoms with van der Waals surface area (Å²) >= 11 is 0. The number of hydrogen-bond acceptors (Lipinski definition) is 8. The minimum absolute atomic E-state index is 0.147. The number of carbonyl (C=O) groups is 1. The number of nitrogens with zero attached hydrogens (tertiary/aromatic N) is 6. The van der Waals surface area contributed by atoms with Crippen LogP contribution in [0.3, 0.4) is 0 Å². The Kier molecular flexibility index (Phi) is 6.66. The van der Waals surface area contributed by atoms with Gasteiger partial charge in [0.05, 0.1) is 30.5 Å². The molecule has 0 atom stereocenters. The predicted molar refractivity (Wildman–Crippen MR) is 152 cm³/mol. The fraction of sp³-hybridized carbons (Fsp3) is 0.323. The molecule has 0 saturated carbocycles. The number of aromatic nitrogens is 4. The van der Waals surface area contributed by atoms with Gasteiger partial charge in [0.1, 0.15) is 17.6 Å². The maximum absolute atomic E-state index is 12.9. The lowest BCUT2D eigenvalue weighted by Gasteiger charge is -2.40. The highest BCUT2D eigenvalue weighted by atomic mass is 16.5. The van der Waals surface area contributed by atoms with Crippen LogP contribution in [0.1, 0.15) is 46.9 Å². The summed E-state index contributed by atoms with van der Waals surface area (Å²) < 4.78 is 6.72. The summed E-state index contributed by atoms with van der Waals surface area (Å²) in [4.78, 5) is 24.1. The van der Waals surface area contributed by atoms with Crippen LogP contribution in [0.25, 0.3) is 16.6 Å². The van der Waals surface area contributed by atoms with Crippen molar-refractivity contribution in [2.75, 3.05) is 31.2 Å². The molecular weight excluding hydrogens is 518 g/mol. The fourth-order valence-electron chi connectivity index (χ4n) is 5.19. The molecule has 2 aliphatic rings.